The SMILES string of the molecule is Br.Br.Clc1cccc(N2CCN(Cc3ccccc3Cl)CC2)c1. The second-order valence-electron chi connectivity index (χ2n) is 5.33. The first-order chi connectivity index (χ1) is 10.2. The van der Waals surface area contributed by atoms with Gasteiger partial charge in [-0.3, -0.25) is 4.90 Å². The highest BCUT2D eigenvalue weighted by Gasteiger charge is 2.18. The summed E-state index contributed by atoms with van der Waals surface area (Å²) in [5, 5.41) is 1.65. The highest BCUT2D eigenvalue weighted by atomic mass is 79.9. The number of halogens is 4. The molecule has 0 unspecified atom stereocenters. The van der Waals surface area contributed by atoms with E-state index in [4.69, 9.17) is 23.2 Å². The van der Waals surface area contributed by atoms with Gasteiger partial charge in [0.1, 0.15) is 0 Å². The number of hydrogen-bond donors (Lipinski definition) is 0. The fourth-order valence-electron chi connectivity index (χ4n) is 2.70. The van der Waals surface area contributed by atoms with Gasteiger partial charge in [-0.05, 0) is 29.8 Å². The summed E-state index contributed by atoms with van der Waals surface area (Å²) in [5.74, 6) is 0. The monoisotopic (exact) mass is 480 g/mol. The Labute approximate surface area is 168 Å². The number of nitrogens with zero attached hydrogens (tertiary/aromatic N) is 2. The van der Waals surface area contributed by atoms with Crippen LogP contribution in [-0.4, -0.2) is 31.1 Å². The first-order valence-electron chi connectivity index (χ1n) is 7.18. The lowest BCUT2D eigenvalue weighted by molar-refractivity contribution is 0.250. The van der Waals surface area contributed by atoms with Gasteiger partial charge in [0.05, 0.1) is 0 Å². The van der Waals surface area contributed by atoms with Crippen molar-refractivity contribution in [1.82, 2.24) is 4.90 Å². The van der Waals surface area contributed by atoms with Crippen LogP contribution in [0.25, 0.3) is 0 Å². The molecule has 2 aromatic carbocycles. The van der Waals surface area contributed by atoms with Gasteiger partial charge in [0.25, 0.3) is 0 Å². The van der Waals surface area contributed by atoms with Gasteiger partial charge in [-0.25, -0.2) is 0 Å². The predicted octanol–water partition coefficient (Wildman–Crippen LogP) is 5.47. The van der Waals surface area contributed by atoms with Crippen LogP contribution in [-0.2, 0) is 6.54 Å². The Morgan fingerprint density at radius 2 is 1.52 bits per heavy atom. The van der Waals surface area contributed by atoms with Crippen molar-refractivity contribution in [2.75, 3.05) is 31.1 Å². The van der Waals surface area contributed by atoms with Crippen LogP contribution in [0.5, 0.6) is 0 Å². The molecule has 0 amide bonds. The molecular formula is C17H20Br2Cl2N2. The zero-order valence-corrected chi connectivity index (χ0v) is 17.6. The Balaban J connectivity index is 0.00000132. The maximum absolute atomic E-state index is 6.23. The molecule has 0 aliphatic carbocycles. The van der Waals surface area contributed by atoms with Gasteiger partial charge in [0.15, 0.2) is 0 Å². The van der Waals surface area contributed by atoms with Crippen molar-refractivity contribution in [3.63, 3.8) is 0 Å². The lowest BCUT2D eigenvalue weighted by atomic mass is 10.2. The topological polar surface area (TPSA) is 6.48 Å². The maximum Gasteiger partial charge on any atom is 0.0451 e. The molecule has 1 aliphatic rings. The van der Waals surface area contributed by atoms with Crippen molar-refractivity contribution >= 4 is 62.9 Å². The number of anilines is 1. The van der Waals surface area contributed by atoms with Gasteiger partial charge in [-0.2, -0.15) is 0 Å². The van der Waals surface area contributed by atoms with Crippen LogP contribution < -0.4 is 4.90 Å². The normalized spacial score (nSPS) is 14.8. The molecule has 23 heavy (non-hydrogen) atoms. The summed E-state index contributed by atoms with van der Waals surface area (Å²) in [6.07, 6.45) is 0. The van der Waals surface area contributed by atoms with Crippen LogP contribution in [0.2, 0.25) is 10.0 Å². The number of piperazine rings is 1. The van der Waals surface area contributed by atoms with Crippen molar-refractivity contribution in [3.05, 3.63) is 64.1 Å². The zero-order chi connectivity index (χ0) is 14.7. The van der Waals surface area contributed by atoms with Crippen LogP contribution in [0, 0.1) is 0 Å². The molecule has 1 fully saturated rings. The molecule has 0 radical (unpaired) electrons. The highest BCUT2D eigenvalue weighted by Crippen LogP contribution is 2.22. The van der Waals surface area contributed by atoms with Gasteiger partial charge >= 0.3 is 0 Å². The van der Waals surface area contributed by atoms with E-state index in [1.165, 1.54) is 11.3 Å². The quantitative estimate of drug-likeness (QED) is 0.572. The Hall–Kier alpha value is -0.260. The molecular weight excluding hydrogens is 463 g/mol. The van der Waals surface area contributed by atoms with Gasteiger partial charge < -0.3 is 4.90 Å². The van der Waals surface area contributed by atoms with Gasteiger partial charge in [-0.1, -0.05) is 47.5 Å². The Bertz CT molecular complexity index is 617. The molecule has 0 atom stereocenters. The minimum Gasteiger partial charge on any atom is -0.369 e. The maximum atomic E-state index is 6.23. The van der Waals surface area contributed by atoms with Gasteiger partial charge in [0, 0.05) is 48.5 Å². The number of rotatable bonds is 3. The molecule has 6 heteroatoms. The van der Waals surface area contributed by atoms with Crippen LogP contribution in [0.3, 0.4) is 0 Å². The number of hydrogen-bond acceptors (Lipinski definition) is 2. The van der Waals surface area contributed by atoms with E-state index in [-0.39, 0.29) is 34.0 Å². The van der Waals surface area contributed by atoms with E-state index < -0.39 is 0 Å². The molecule has 0 N–H and O–H groups in total. The van der Waals surface area contributed by atoms with Crippen molar-refractivity contribution in [3.8, 4) is 0 Å². The van der Waals surface area contributed by atoms with E-state index in [2.05, 4.69) is 21.9 Å². The van der Waals surface area contributed by atoms with Crippen LogP contribution >= 0.6 is 57.2 Å². The van der Waals surface area contributed by atoms with Crippen LogP contribution in [0.1, 0.15) is 5.56 Å². The average Bonchev–Trinajstić information content (AvgIpc) is 2.50. The van der Waals surface area contributed by atoms with E-state index in [9.17, 15) is 0 Å². The summed E-state index contributed by atoms with van der Waals surface area (Å²) in [4.78, 5) is 4.83. The van der Waals surface area contributed by atoms with Crippen molar-refractivity contribution < 1.29 is 0 Å². The summed E-state index contributed by atoms with van der Waals surface area (Å²) in [6.45, 7) is 5.04. The van der Waals surface area contributed by atoms with Crippen LogP contribution in [0.15, 0.2) is 48.5 Å². The first-order valence-corrected chi connectivity index (χ1v) is 7.94. The summed E-state index contributed by atoms with van der Waals surface area (Å²) >= 11 is 12.3. The van der Waals surface area contributed by atoms with Crippen molar-refractivity contribution in [2.24, 2.45) is 0 Å². The Morgan fingerprint density at radius 3 is 2.17 bits per heavy atom. The Kier molecular flexibility index (Phi) is 8.94. The van der Waals surface area contributed by atoms with E-state index in [1.807, 2.05) is 36.4 Å². The third kappa shape index (κ3) is 5.64. The third-order valence-corrected chi connectivity index (χ3v) is 4.50. The summed E-state index contributed by atoms with van der Waals surface area (Å²) < 4.78 is 0. The van der Waals surface area contributed by atoms with E-state index in [0.717, 1.165) is 42.8 Å². The molecule has 0 spiro atoms. The molecule has 1 saturated heterocycles. The molecule has 2 aromatic rings. The summed E-state index contributed by atoms with van der Waals surface area (Å²) in [7, 11) is 0. The van der Waals surface area contributed by atoms with E-state index >= 15 is 0 Å². The summed E-state index contributed by atoms with van der Waals surface area (Å²) in [5.41, 5.74) is 2.41. The molecule has 3 rings (SSSR count). The minimum atomic E-state index is 0. The fraction of sp³-hybridized carbons (Fsp3) is 0.294. The summed E-state index contributed by atoms with van der Waals surface area (Å²) in [6, 6.07) is 16.2. The predicted molar refractivity (Wildman–Crippen MR) is 111 cm³/mol. The molecule has 0 saturated carbocycles. The standard InChI is InChI=1S/C17H18Cl2N2.2BrH/c18-15-5-3-6-16(12-15)21-10-8-20(9-11-21)13-14-4-1-2-7-17(14)19;;/h1-7,12H,8-11,13H2;2*1H. The largest absolute Gasteiger partial charge is 0.369 e. The van der Waals surface area contributed by atoms with Crippen molar-refractivity contribution in [2.45, 2.75) is 6.54 Å². The van der Waals surface area contributed by atoms with E-state index in [1.54, 1.807) is 0 Å². The molecule has 0 aromatic heterocycles. The number of benzene rings is 2. The lowest BCUT2D eigenvalue weighted by Crippen LogP contribution is -2.46. The fourth-order valence-corrected chi connectivity index (χ4v) is 3.08. The molecule has 1 aliphatic heterocycles. The molecule has 1 heterocycles. The van der Waals surface area contributed by atoms with Gasteiger partial charge in [-0.15, -0.1) is 34.0 Å². The Morgan fingerprint density at radius 1 is 0.826 bits per heavy atom. The second kappa shape index (κ2) is 9.90. The third-order valence-electron chi connectivity index (χ3n) is 3.90. The van der Waals surface area contributed by atoms with Gasteiger partial charge in [0.2, 0.25) is 0 Å². The minimum absolute atomic E-state index is 0. The zero-order valence-electron chi connectivity index (χ0n) is 12.6. The lowest BCUT2D eigenvalue weighted by Gasteiger charge is -2.36. The highest BCUT2D eigenvalue weighted by molar-refractivity contribution is 8.93. The van der Waals surface area contributed by atoms with Crippen molar-refractivity contribution in [1.29, 1.82) is 0 Å². The molecule has 126 valence electrons. The van der Waals surface area contributed by atoms with Crippen LogP contribution in [0.4, 0.5) is 5.69 Å². The smallest absolute Gasteiger partial charge is 0.0451 e. The van der Waals surface area contributed by atoms with E-state index in [0.29, 0.717) is 0 Å². The second-order valence-corrected chi connectivity index (χ2v) is 6.18. The molecule has 0 bridgehead atoms. The first kappa shape index (κ1) is 20.8. The average molecular weight is 483 g/mol. The molecule has 2 nitrogen and oxygen atoms in total.